The maximum absolute atomic E-state index is 10.3. The van der Waals surface area contributed by atoms with Gasteiger partial charge < -0.3 is 5.73 Å². The molecule has 1 aromatic rings. The van der Waals surface area contributed by atoms with Gasteiger partial charge in [-0.3, -0.25) is 10.1 Å². The van der Waals surface area contributed by atoms with Crippen LogP contribution in [0.1, 0.15) is 5.56 Å². The average Bonchev–Trinajstić information content (AvgIpc) is 1.94. The van der Waals surface area contributed by atoms with Crippen molar-refractivity contribution in [1.29, 1.82) is 0 Å². The standard InChI is InChI=1S/C7H7N2O2.Ac/c1-5-2-3-6(8)7(4-5)9(10)11;/h2-4,8H,1H3;/q-1;. The number of benzene rings is 1. The first kappa shape index (κ1) is 11.9. The molecule has 1 rings (SSSR count). The van der Waals surface area contributed by atoms with Gasteiger partial charge in [0.2, 0.25) is 0 Å². The van der Waals surface area contributed by atoms with E-state index in [9.17, 15) is 10.1 Å². The zero-order valence-corrected chi connectivity index (χ0v) is 11.3. The number of rotatable bonds is 1. The van der Waals surface area contributed by atoms with Crippen molar-refractivity contribution in [3.63, 3.8) is 0 Å². The molecule has 0 saturated heterocycles. The predicted molar refractivity (Wildman–Crippen MR) is 41.8 cm³/mol. The largest absolute Gasteiger partial charge is 0.693 e. The van der Waals surface area contributed by atoms with E-state index >= 15 is 0 Å². The van der Waals surface area contributed by atoms with Crippen molar-refractivity contribution in [2.24, 2.45) is 0 Å². The number of hydrogen-bond donors (Lipinski definition) is 0. The number of aryl methyl sites for hydroxylation is 1. The summed E-state index contributed by atoms with van der Waals surface area (Å²) in [6, 6.07) is 4.49. The van der Waals surface area contributed by atoms with Crippen molar-refractivity contribution in [2.45, 2.75) is 6.92 Å². The summed E-state index contributed by atoms with van der Waals surface area (Å²) in [5.41, 5.74) is 7.78. The average molecular weight is 378 g/mol. The van der Waals surface area contributed by atoms with Crippen LogP contribution in [0.25, 0.3) is 5.73 Å². The van der Waals surface area contributed by atoms with Gasteiger partial charge in [0.25, 0.3) is 5.69 Å². The van der Waals surface area contributed by atoms with Gasteiger partial charge >= 0.3 is 0 Å². The number of hydrogen-bond acceptors (Lipinski definition) is 2. The van der Waals surface area contributed by atoms with E-state index in [0.717, 1.165) is 5.56 Å². The molecular weight excluding hydrogens is 371 g/mol. The molecule has 5 heteroatoms. The third-order valence-electron chi connectivity index (χ3n) is 1.35. The molecule has 0 unspecified atom stereocenters. The van der Waals surface area contributed by atoms with Crippen molar-refractivity contribution in [3.05, 3.63) is 39.6 Å². The molecule has 1 aromatic carbocycles. The molecule has 0 aliphatic rings. The summed E-state index contributed by atoms with van der Waals surface area (Å²) >= 11 is 0. The third kappa shape index (κ3) is 2.72. The van der Waals surface area contributed by atoms with Gasteiger partial charge in [0.15, 0.2) is 0 Å². The minimum Gasteiger partial charge on any atom is -0.693 e. The quantitative estimate of drug-likeness (QED) is 0.557. The Morgan fingerprint density at radius 1 is 1.50 bits per heavy atom. The normalized spacial score (nSPS) is 8.75. The van der Waals surface area contributed by atoms with Crippen molar-refractivity contribution in [1.82, 2.24) is 0 Å². The number of nitro benzene ring substituents is 1. The second kappa shape index (κ2) is 4.78. The first-order valence-corrected chi connectivity index (χ1v) is 3.08. The van der Waals surface area contributed by atoms with Crippen molar-refractivity contribution in [3.8, 4) is 0 Å². The summed E-state index contributed by atoms with van der Waals surface area (Å²) in [5, 5.41) is 10.3. The van der Waals surface area contributed by atoms with Crippen LogP contribution in [0.15, 0.2) is 18.2 Å². The smallest absolute Gasteiger partial charge is 0.254 e. The van der Waals surface area contributed by atoms with E-state index in [1.807, 2.05) is 0 Å². The molecule has 0 amide bonds. The molecule has 0 aliphatic carbocycles. The summed E-state index contributed by atoms with van der Waals surface area (Å²) in [7, 11) is 0. The van der Waals surface area contributed by atoms with Gasteiger partial charge in [-0.15, -0.1) is 0 Å². The summed E-state index contributed by atoms with van der Waals surface area (Å²) in [6.45, 7) is 1.76. The van der Waals surface area contributed by atoms with Crippen LogP contribution in [0.5, 0.6) is 0 Å². The summed E-state index contributed by atoms with van der Waals surface area (Å²) in [4.78, 5) is 9.71. The maximum atomic E-state index is 10.3. The summed E-state index contributed by atoms with van der Waals surface area (Å²) < 4.78 is 0. The molecular formula is C7H7AcN2O2-. The minimum absolute atomic E-state index is 0. The first-order chi connectivity index (χ1) is 5.11. The fourth-order valence-electron chi connectivity index (χ4n) is 0.793. The fraction of sp³-hybridized carbons (Fsp3) is 0.143. The molecule has 4 nitrogen and oxygen atoms in total. The van der Waals surface area contributed by atoms with Crippen LogP contribution in [0.4, 0.5) is 11.4 Å². The maximum Gasteiger partial charge on any atom is 0.254 e. The van der Waals surface area contributed by atoms with E-state index in [2.05, 4.69) is 0 Å². The van der Waals surface area contributed by atoms with Crippen molar-refractivity contribution < 1.29 is 49.0 Å². The molecule has 1 N–H and O–H groups in total. The second-order valence-electron chi connectivity index (χ2n) is 2.28. The van der Waals surface area contributed by atoms with Gasteiger partial charge in [-0.25, -0.2) is 0 Å². The third-order valence-corrected chi connectivity index (χ3v) is 1.35. The predicted octanol–water partition coefficient (Wildman–Crippen LogP) is 2.59. The van der Waals surface area contributed by atoms with E-state index in [-0.39, 0.29) is 55.4 Å². The minimum atomic E-state index is -0.546. The number of nitrogens with one attached hydrogen (secondary N) is 1. The van der Waals surface area contributed by atoms with Crippen molar-refractivity contribution in [2.75, 3.05) is 0 Å². The second-order valence-corrected chi connectivity index (χ2v) is 2.28. The number of nitrogens with zero attached hydrogens (tertiary/aromatic N) is 1. The Kier molecular flexibility index (Phi) is 4.73. The van der Waals surface area contributed by atoms with Gasteiger partial charge in [0.1, 0.15) is 0 Å². The zero-order chi connectivity index (χ0) is 8.43. The van der Waals surface area contributed by atoms with E-state index < -0.39 is 4.92 Å². The zero-order valence-electron chi connectivity index (χ0n) is 6.57. The molecule has 0 aromatic heterocycles. The van der Waals surface area contributed by atoms with Crippen LogP contribution in [-0.2, 0) is 0 Å². The van der Waals surface area contributed by atoms with E-state index in [1.54, 1.807) is 13.0 Å². The van der Waals surface area contributed by atoms with Crippen LogP contribution in [0, 0.1) is 61.1 Å². The molecule has 1 radical (unpaired) electrons. The Bertz CT molecular complexity index is 301. The molecule has 0 spiro atoms. The Balaban J connectivity index is 0.00000121. The molecule has 0 heterocycles. The Morgan fingerprint density at radius 2 is 2.08 bits per heavy atom. The monoisotopic (exact) mass is 378 g/mol. The van der Waals surface area contributed by atoms with Crippen LogP contribution >= 0.6 is 0 Å². The van der Waals surface area contributed by atoms with E-state index in [0.29, 0.717) is 0 Å². The van der Waals surface area contributed by atoms with Gasteiger partial charge in [0.05, 0.1) is 4.92 Å². The molecule has 61 valence electrons. The van der Waals surface area contributed by atoms with Crippen LogP contribution in [-0.4, -0.2) is 4.92 Å². The molecule has 0 bridgehead atoms. The van der Waals surface area contributed by atoms with Gasteiger partial charge in [-0.2, -0.15) is 0 Å². The summed E-state index contributed by atoms with van der Waals surface area (Å²) in [6.07, 6.45) is 0. The Labute approximate surface area is 106 Å². The van der Waals surface area contributed by atoms with Crippen LogP contribution < -0.4 is 0 Å². The topological polar surface area (TPSA) is 66.9 Å². The van der Waals surface area contributed by atoms with Crippen molar-refractivity contribution >= 4 is 11.4 Å². The van der Waals surface area contributed by atoms with Gasteiger partial charge in [-0.05, 0) is 12.5 Å². The SMILES string of the molecule is Cc1ccc([NH-])c([N+](=O)[O-])c1.[Ac]. The van der Waals surface area contributed by atoms with E-state index in [4.69, 9.17) is 5.73 Å². The molecule has 0 aliphatic heterocycles. The molecule has 12 heavy (non-hydrogen) atoms. The van der Waals surface area contributed by atoms with E-state index in [1.165, 1.54) is 12.1 Å². The Morgan fingerprint density at radius 3 is 2.50 bits per heavy atom. The first-order valence-electron chi connectivity index (χ1n) is 3.08. The van der Waals surface area contributed by atoms with Crippen LogP contribution in [0.2, 0.25) is 0 Å². The summed E-state index contributed by atoms with van der Waals surface area (Å²) in [5.74, 6) is 0. The molecule has 0 saturated carbocycles. The van der Waals surface area contributed by atoms with Gasteiger partial charge in [0, 0.05) is 50.1 Å². The molecule has 0 fully saturated rings. The van der Waals surface area contributed by atoms with Crippen LogP contribution in [0.3, 0.4) is 0 Å². The Hall–Kier alpha value is -0.138. The fourth-order valence-corrected chi connectivity index (χ4v) is 0.793. The van der Waals surface area contributed by atoms with Gasteiger partial charge in [-0.1, -0.05) is 17.8 Å². The molecule has 0 atom stereocenters. The number of nitro groups is 1.